The minimum absolute atomic E-state index is 0.202. The van der Waals surface area contributed by atoms with Crippen LogP contribution < -0.4 is 10.6 Å². The fourth-order valence-electron chi connectivity index (χ4n) is 4.27. The van der Waals surface area contributed by atoms with E-state index in [1.807, 2.05) is 43.3 Å². The molecule has 0 unspecified atom stereocenters. The zero-order valence-electron chi connectivity index (χ0n) is 25.5. The van der Waals surface area contributed by atoms with Gasteiger partial charge >= 0.3 is 11.9 Å². The van der Waals surface area contributed by atoms with Gasteiger partial charge in [-0.05, 0) is 86.1 Å². The van der Waals surface area contributed by atoms with Gasteiger partial charge in [0.1, 0.15) is 0 Å². The lowest BCUT2D eigenvalue weighted by Gasteiger charge is -2.11. The number of rotatable bonds is 9. The third-order valence-electron chi connectivity index (χ3n) is 6.59. The number of pyridine rings is 2. The molecule has 0 saturated heterocycles. The Morgan fingerprint density at radius 3 is 1.94 bits per heavy atom. The number of nitrogens with zero attached hydrogens (tertiary/aromatic N) is 6. The van der Waals surface area contributed by atoms with Gasteiger partial charge in [0.25, 0.3) is 0 Å². The highest BCUT2D eigenvalue weighted by Crippen LogP contribution is 2.23. The van der Waals surface area contributed by atoms with E-state index < -0.39 is 5.97 Å². The van der Waals surface area contributed by atoms with Crippen LogP contribution in [0.3, 0.4) is 0 Å². The van der Waals surface area contributed by atoms with Crippen LogP contribution in [-0.4, -0.2) is 53.6 Å². The summed E-state index contributed by atoms with van der Waals surface area (Å²) in [6.45, 7) is 4.07. The number of hydrogen-bond acceptors (Lipinski definition) is 11. The molecule has 0 radical (unpaired) electrons. The van der Waals surface area contributed by atoms with Crippen LogP contribution in [0, 0.1) is 6.92 Å². The monoisotopic (exact) mass is 626 g/mol. The Labute approximate surface area is 270 Å². The molecule has 2 aromatic carbocycles. The molecule has 0 fully saturated rings. The predicted molar refractivity (Wildman–Crippen MR) is 178 cm³/mol. The van der Waals surface area contributed by atoms with E-state index in [2.05, 4.69) is 40.5 Å². The summed E-state index contributed by atoms with van der Waals surface area (Å²) in [4.78, 5) is 48.4. The number of anilines is 4. The molecule has 0 aliphatic carbocycles. The number of benzene rings is 2. The molecule has 0 saturated carbocycles. The molecule has 6 rings (SSSR count). The van der Waals surface area contributed by atoms with Gasteiger partial charge in [-0.25, -0.2) is 29.5 Å². The summed E-state index contributed by atoms with van der Waals surface area (Å²) >= 11 is 0. The summed E-state index contributed by atoms with van der Waals surface area (Å²) < 4.78 is 5.05. The third kappa shape index (κ3) is 8.76. The van der Waals surface area contributed by atoms with Gasteiger partial charge in [0.15, 0.2) is 0 Å². The molecule has 0 atom stereocenters. The molecule has 47 heavy (non-hydrogen) atoms. The fourth-order valence-corrected chi connectivity index (χ4v) is 4.27. The van der Waals surface area contributed by atoms with Crippen molar-refractivity contribution in [2.45, 2.75) is 13.8 Å². The molecule has 12 heteroatoms. The van der Waals surface area contributed by atoms with Crippen molar-refractivity contribution in [3.05, 3.63) is 133 Å². The van der Waals surface area contributed by atoms with Crippen LogP contribution in [0.15, 0.2) is 116 Å². The Hall–Kier alpha value is -6.56. The summed E-state index contributed by atoms with van der Waals surface area (Å²) in [5, 5.41) is 15.2. The number of esters is 1. The van der Waals surface area contributed by atoms with Gasteiger partial charge < -0.3 is 20.5 Å². The zero-order valence-corrected chi connectivity index (χ0v) is 25.5. The fraction of sp³-hybridized carbons (Fsp3) is 0.0857. The number of aromatic nitrogens is 6. The Bertz CT molecular complexity index is 1970. The molecule has 234 valence electrons. The highest BCUT2D eigenvalue weighted by Gasteiger charge is 2.11. The maximum Gasteiger partial charge on any atom is 0.338 e. The standard InChI is InChI=1S/C19H18N4O2.C16H12N4O2/c1-3-25-18(24)14-7-6-13(2)17(11-14)23-19-21-10-8-16(22-19)15-5-4-9-20-12-15;21-15(22)11-3-1-5-13(9-11)19-16-18-8-6-14(20-16)12-4-2-7-17-10-12/h4-12H,3H2,1-2H3,(H,21,22,23);1-10H,(H,21,22)(H,18,19,20). The van der Waals surface area contributed by atoms with Gasteiger partial charge in [0.05, 0.1) is 29.1 Å². The molecule has 0 spiro atoms. The van der Waals surface area contributed by atoms with E-state index in [0.717, 1.165) is 33.8 Å². The van der Waals surface area contributed by atoms with Crippen LogP contribution in [0.5, 0.6) is 0 Å². The first-order chi connectivity index (χ1) is 22.9. The minimum atomic E-state index is -0.978. The Morgan fingerprint density at radius 2 is 1.36 bits per heavy atom. The van der Waals surface area contributed by atoms with Gasteiger partial charge in [-0.3, -0.25) is 9.97 Å². The predicted octanol–water partition coefficient (Wildman–Crippen LogP) is 6.75. The smallest absolute Gasteiger partial charge is 0.338 e. The van der Waals surface area contributed by atoms with Crippen molar-refractivity contribution in [2.24, 2.45) is 0 Å². The first kappa shape index (κ1) is 31.9. The van der Waals surface area contributed by atoms with Crippen LogP contribution in [0.4, 0.5) is 23.3 Å². The quantitative estimate of drug-likeness (QED) is 0.145. The lowest BCUT2D eigenvalue weighted by atomic mass is 10.1. The van der Waals surface area contributed by atoms with Crippen molar-refractivity contribution in [3.63, 3.8) is 0 Å². The van der Waals surface area contributed by atoms with Crippen molar-refractivity contribution in [1.29, 1.82) is 0 Å². The lowest BCUT2D eigenvalue weighted by Crippen LogP contribution is -2.06. The first-order valence-electron chi connectivity index (χ1n) is 14.5. The second-order valence-corrected chi connectivity index (χ2v) is 9.90. The van der Waals surface area contributed by atoms with Gasteiger partial charge in [-0.15, -0.1) is 0 Å². The van der Waals surface area contributed by atoms with Gasteiger partial charge in [-0.2, -0.15) is 0 Å². The van der Waals surface area contributed by atoms with Crippen molar-refractivity contribution in [1.82, 2.24) is 29.9 Å². The maximum atomic E-state index is 11.9. The molecule has 0 amide bonds. The average Bonchev–Trinajstić information content (AvgIpc) is 3.11. The summed E-state index contributed by atoms with van der Waals surface area (Å²) in [5.41, 5.74) is 6.33. The summed E-state index contributed by atoms with van der Waals surface area (Å²) in [6.07, 6.45) is 10.2. The van der Waals surface area contributed by atoms with Crippen LogP contribution >= 0.6 is 0 Å². The van der Waals surface area contributed by atoms with E-state index in [1.54, 1.807) is 74.4 Å². The zero-order chi connectivity index (χ0) is 33.0. The SMILES string of the molecule is CCOC(=O)c1ccc(C)c(Nc2nccc(-c3cccnc3)n2)c1.O=C(O)c1cccc(Nc2nccc(-c3cccnc3)n2)c1. The van der Waals surface area contributed by atoms with Gasteiger partial charge in [-0.1, -0.05) is 12.1 Å². The lowest BCUT2D eigenvalue weighted by molar-refractivity contribution is 0.0526. The van der Waals surface area contributed by atoms with E-state index in [1.165, 1.54) is 12.1 Å². The molecule has 4 aromatic heterocycles. The number of carboxylic acid groups (broad SMARTS) is 1. The summed E-state index contributed by atoms with van der Waals surface area (Å²) in [7, 11) is 0. The van der Waals surface area contributed by atoms with E-state index in [-0.39, 0.29) is 11.5 Å². The van der Waals surface area contributed by atoms with Gasteiger partial charge in [0, 0.05) is 59.7 Å². The van der Waals surface area contributed by atoms with Crippen LogP contribution in [0.2, 0.25) is 0 Å². The second kappa shape index (κ2) is 15.4. The summed E-state index contributed by atoms with van der Waals surface area (Å²) in [6, 6.07) is 23.0. The number of nitrogens with one attached hydrogen (secondary N) is 2. The van der Waals surface area contributed by atoms with Crippen LogP contribution in [0.25, 0.3) is 22.5 Å². The number of aryl methyl sites for hydroxylation is 1. The van der Waals surface area contributed by atoms with Crippen molar-refractivity contribution in [3.8, 4) is 22.5 Å². The molecule has 0 bridgehead atoms. The molecule has 0 aliphatic rings. The first-order valence-corrected chi connectivity index (χ1v) is 14.5. The number of carbonyl (C=O) groups is 2. The van der Waals surface area contributed by atoms with E-state index >= 15 is 0 Å². The minimum Gasteiger partial charge on any atom is -0.478 e. The van der Waals surface area contributed by atoms with Crippen LogP contribution in [-0.2, 0) is 4.74 Å². The number of ether oxygens (including phenoxy) is 1. The van der Waals surface area contributed by atoms with E-state index in [9.17, 15) is 9.59 Å². The Morgan fingerprint density at radius 1 is 0.723 bits per heavy atom. The Kier molecular flexibility index (Phi) is 10.5. The van der Waals surface area contributed by atoms with E-state index in [0.29, 0.717) is 29.8 Å². The molecular weight excluding hydrogens is 596 g/mol. The van der Waals surface area contributed by atoms with Crippen LogP contribution in [0.1, 0.15) is 33.2 Å². The average molecular weight is 627 g/mol. The highest BCUT2D eigenvalue weighted by atomic mass is 16.5. The second-order valence-electron chi connectivity index (χ2n) is 9.90. The van der Waals surface area contributed by atoms with Crippen molar-refractivity contribution >= 4 is 35.2 Å². The van der Waals surface area contributed by atoms with E-state index in [4.69, 9.17) is 9.84 Å². The topological polar surface area (TPSA) is 165 Å². The molecule has 6 aromatic rings. The largest absolute Gasteiger partial charge is 0.478 e. The van der Waals surface area contributed by atoms with Crippen molar-refractivity contribution in [2.75, 3.05) is 17.2 Å². The molecule has 3 N–H and O–H groups in total. The third-order valence-corrected chi connectivity index (χ3v) is 6.59. The number of hydrogen-bond donors (Lipinski definition) is 3. The molecule has 4 heterocycles. The normalized spacial score (nSPS) is 10.3. The maximum absolute atomic E-state index is 11.9. The number of aromatic carboxylic acids is 1. The Balaban J connectivity index is 0.000000186. The highest BCUT2D eigenvalue weighted by molar-refractivity contribution is 5.91. The molecule has 0 aliphatic heterocycles. The van der Waals surface area contributed by atoms with Gasteiger partial charge in [0.2, 0.25) is 11.9 Å². The summed E-state index contributed by atoms with van der Waals surface area (Å²) in [5.74, 6) is -0.487. The number of carboxylic acids is 1. The van der Waals surface area contributed by atoms with Crippen molar-refractivity contribution < 1.29 is 19.4 Å². The molecular formula is C35H30N8O4. The molecule has 12 nitrogen and oxygen atoms in total. The number of carbonyl (C=O) groups excluding carboxylic acids is 1.